The van der Waals surface area contributed by atoms with E-state index in [9.17, 15) is 23.2 Å². The summed E-state index contributed by atoms with van der Waals surface area (Å²) in [7, 11) is -4.07. The molecular weight excluding hydrogens is 314 g/mol. The minimum Gasteiger partial charge on any atom is -0.423 e. The molecule has 1 aromatic heterocycles. The van der Waals surface area contributed by atoms with Gasteiger partial charge in [-0.25, -0.2) is 0 Å². The second kappa shape index (κ2) is 6.31. The molecule has 1 rings (SSSR count). The summed E-state index contributed by atoms with van der Waals surface area (Å²) in [6, 6.07) is 0.807. The molecule has 2 N–H and O–H groups in total. The monoisotopic (exact) mass is 335 g/mol. The van der Waals surface area contributed by atoms with Crippen molar-refractivity contribution in [2.75, 3.05) is 0 Å². The second-order valence-corrected chi connectivity index (χ2v) is 11.5. The lowest BCUT2D eigenvalue weighted by molar-refractivity contribution is -0.141. The van der Waals surface area contributed by atoms with Crippen LogP contribution in [0.15, 0.2) is 12.3 Å². The minimum atomic E-state index is -4.59. The number of pyridine rings is 1. The molecule has 0 bridgehead atoms. The highest BCUT2D eigenvalue weighted by Gasteiger charge is 2.38. The maximum Gasteiger partial charge on any atom is 0.490 e. The molecule has 0 aliphatic rings. The molecule has 0 radical (unpaired) electrons. The Morgan fingerprint density at radius 2 is 1.77 bits per heavy atom. The maximum absolute atomic E-state index is 12.7. The van der Waals surface area contributed by atoms with Crippen LogP contribution >= 0.6 is 0 Å². The van der Waals surface area contributed by atoms with Crippen LogP contribution in [0.4, 0.5) is 13.2 Å². The van der Waals surface area contributed by atoms with Crippen LogP contribution < -0.4 is 5.46 Å². The zero-order valence-corrected chi connectivity index (χ0v) is 14.3. The SMILES string of the molecule is CC(C)(C)[Si](C)(C)OCc1cc(C(F)(F)F)ncc1B(O)O. The van der Waals surface area contributed by atoms with Crippen LogP contribution in [-0.4, -0.2) is 30.5 Å². The summed E-state index contributed by atoms with van der Waals surface area (Å²) in [4.78, 5) is 3.24. The Kier molecular flexibility index (Phi) is 5.49. The van der Waals surface area contributed by atoms with Crippen LogP contribution in [0.5, 0.6) is 0 Å². The van der Waals surface area contributed by atoms with E-state index >= 15 is 0 Å². The van der Waals surface area contributed by atoms with Gasteiger partial charge in [0.05, 0.1) is 6.61 Å². The van der Waals surface area contributed by atoms with Gasteiger partial charge in [0.15, 0.2) is 8.32 Å². The van der Waals surface area contributed by atoms with Gasteiger partial charge in [-0.15, -0.1) is 0 Å². The smallest absolute Gasteiger partial charge is 0.423 e. The first-order valence-corrected chi connectivity index (χ1v) is 9.72. The lowest BCUT2D eigenvalue weighted by Crippen LogP contribution is -2.42. The van der Waals surface area contributed by atoms with Crippen molar-refractivity contribution in [2.24, 2.45) is 0 Å². The summed E-state index contributed by atoms with van der Waals surface area (Å²) in [5, 5.41) is 18.4. The van der Waals surface area contributed by atoms with Gasteiger partial charge in [-0.3, -0.25) is 4.98 Å². The lowest BCUT2D eigenvalue weighted by Gasteiger charge is -2.36. The Morgan fingerprint density at radius 1 is 1.23 bits per heavy atom. The van der Waals surface area contributed by atoms with Crippen molar-refractivity contribution >= 4 is 20.9 Å². The molecular formula is C13H21BF3NO3Si. The fourth-order valence-electron chi connectivity index (χ4n) is 1.49. The highest BCUT2D eigenvalue weighted by atomic mass is 28.4. The standard InChI is InChI=1S/C13H21BF3NO3Si/c1-12(2,3)22(4,5)21-8-9-6-11(13(15,16)17)18-7-10(9)14(19)20/h6-7,19-20H,8H2,1-5H3. The van der Waals surface area contributed by atoms with Crippen molar-refractivity contribution in [3.05, 3.63) is 23.5 Å². The van der Waals surface area contributed by atoms with E-state index in [2.05, 4.69) is 4.98 Å². The number of alkyl halides is 3. The van der Waals surface area contributed by atoms with Crippen molar-refractivity contribution in [1.29, 1.82) is 0 Å². The first-order chi connectivity index (χ1) is 9.75. The number of rotatable bonds is 4. The molecule has 0 saturated heterocycles. The quantitative estimate of drug-likeness (QED) is 0.829. The number of hydrogen-bond donors (Lipinski definition) is 2. The molecule has 1 heterocycles. The molecule has 22 heavy (non-hydrogen) atoms. The van der Waals surface area contributed by atoms with Crippen molar-refractivity contribution in [3.8, 4) is 0 Å². The third-order valence-electron chi connectivity index (χ3n) is 3.99. The summed E-state index contributed by atoms with van der Waals surface area (Å²) in [6.07, 6.45) is -3.76. The zero-order valence-electron chi connectivity index (χ0n) is 13.3. The summed E-state index contributed by atoms with van der Waals surface area (Å²) in [6.45, 7) is 9.84. The van der Waals surface area contributed by atoms with E-state index in [1.165, 1.54) is 0 Å². The van der Waals surface area contributed by atoms with Crippen LogP contribution in [0.25, 0.3) is 0 Å². The third-order valence-corrected chi connectivity index (χ3v) is 8.47. The summed E-state index contributed by atoms with van der Waals surface area (Å²) < 4.78 is 44.1. The first-order valence-electron chi connectivity index (χ1n) is 6.82. The molecule has 0 atom stereocenters. The van der Waals surface area contributed by atoms with Crippen molar-refractivity contribution < 1.29 is 27.6 Å². The highest BCUT2D eigenvalue weighted by Crippen LogP contribution is 2.37. The normalized spacial score (nSPS) is 13.4. The van der Waals surface area contributed by atoms with Gasteiger partial charge in [0.25, 0.3) is 0 Å². The van der Waals surface area contributed by atoms with E-state index < -0.39 is 27.3 Å². The fourth-order valence-corrected chi connectivity index (χ4v) is 2.44. The van der Waals surface area contributed by atoms with Crippen LogP contribution in [0, 0.1) is 0 Å². The van der Waals surface area contributed by atoms with Gasteiger partial charge in [0.1, 0.15) is 5.69 Å². The minimum absolute atomic E-state index is 0.0771. The third kappa shape index (κ3) is 4.55. The number of hydrogen-bond acceptors (Lipinski definition) is 4. The summed E-state index contributed by atoms with van der Waals surface area (Å²) in [5.74, 6) is 0. The van der Waals surface area contributed by atoms with E-state index in [-0.39, 0.29) is 22.7 Å². The molecule has 0 aromatic carbocycles. The van der Waals surface area contributed by atoms with Crippen molar-refractivity contribution in [3.63, 3.8) is 0 Å². The van der Waals surface area contributed by atoms with Crippen LogP contribution in [0.2, 0.25) is 18.1 Å². The van der Waals surface area contributed by atoms with Crippen LogP contribution in [-0.2, 0) is 17.2 Å². The van der Waals surface area contributed by atoms with Gasteiger partial charge in [-0.05, 0) is 29.8 Å². The Balaban J connectivity index is 3.11. The van der Waals surface area contributed by atoms with E-state index in [1.54, 1.807) is 0 Å². The van der Waals surface area contributed by atoms with E-state index in [0.29, 0.717) is 0 Å². The lowest BCUT2D eigenvalue weighted by atomic mass is 9.78. The number of nitrogens with zero attached hydrogens (tertiary/aromatic N) is 1. The predicted molar refractivity (Wildman–Crippen MR) is 81.1 cm³/mol. The van der Waals surface area contributed by atoms with Gasteiger partial charge in [0, 0.05) is 11.7 Å². The predicted octanol–water partition coefficient (Wildman–Crippen LogP) is 2.30. The number of aromatic nitrogens is 1. The maximum atomic E-state index is 12.7. The molecule has 0 unspecified atom stereocenters. The second-order valence-electron chi connectivity index (χ2n) is 6.69. The average molecular weight is 335 g/mol. The van der Waals surface area contributed by atoms with E-state index in [1.807, 2.05) is 33.9 Å². The van der Waals surface area contributed by atoms with Gasteiger partial charge in [-0.2, -0.15) is 13.2 Å². The van der Waals surface area contributed by atoms with E-state index in [0.717, 1.165) is 12.3 Å². The molecule has 0 fully saturated rings. The first kappa shape index (κ1) is 19.1. The Hall–Kier alpha value is -0.898. The fraction of sp³-hybridized carbons (Fsp3) is 0.615. The van der Waals surface area contributed by atoms with Gasteiger partial charge in [-0.1, -0.05) is 20.8 Å². The van der Waals surface area contributed by atoms with Crippen molar-refractivity contribution in [2.45, 2.75) is 51.7 Å². The molecule has 0 aliphatic heterocycles. The molecule has 4 nitrogen and oxygen atoms in total. The van der Waals surface area contributed by atoms with Crippen LogP contribution in [0.3, 0.4) is 0 Å². The Morgan fingerprint density at radius 3 is 2.18 bits per heavy atom. The largest absolute Gasteiger partial charge is 0.490 e. The summed E-state index contributed by atoms with van der Waals surface area (Å²) in [5.41, 5.74) is -1.07. The molecule has 0 saturated carbocycles. The topological polar surface area (TPSA) is 62.6 Å². The number of halogens is 3. The molecule has 9 heteroatoms. The van der Waals surface area contributed by atoms with Gasteiger partial charge < -0.3 is 14.5 Å². The Labute approximate surface area is 129 Å². The highest BCUT2D eigenvalue weighted by molar-refractivity contribution is 6.74. The average Bonchev–Trinajstić information content (AvgIpc) is 2.33. The van der Waals surface area contributed by atoms with E-state index in [4.69, 9.17) is 4.43 Å². The van der Waals surface area contributed by atoms with Gasteiger partial charge >= 0.3 is 13.3 Å². The van der Waals surface area contributed by atoms with Crippen LogP contribution in [0.1, 0.15) is 32.0 Å². The van der Waals surface area contributed by atoms with Crippen molar-refractivity contribution in [1.82, 2.24) is 4.98 Å². The molecule has 0 spiro atoms. The summed E-state index contributed by atoms with van der Waals surface area (Å²) >= 11 is 0. The van der Waals surface area contributed by atoms with Gasteiger partial charge in [0.2, 0.25) is 0 Å². The molecule has 124 valence electrons. The molecule has 1 aromatic rings. The molecule has 0 amide bonds. The Bertz CT molecular complexity index is 530. The molecule has 0 aliphatic carbocycles. The zero-order chi connectivity index (χ0) is 17.3.